The van der Waals surface area contributed by atoms with E-state index in [1.54, 1.807) is 18.2 Å². The molecule has 192 valence electrons. The van der Waals surface area contributed by atoms with Gasteiger partial charge >= 0.3 is 6.18 Å². The summed E-state index contributed by atoms with van der Waals surface area (Å²) in [4.78, 5) is 22.7. The summed E-state index contributed by atoms with van der Waals surface area (Å²) in [5.74, 6) is 0.145. The van der Waals surface area contributed by atoms with Crippen LogP contribution in [0.2, 0.25) is 0 Å². The van der Waals surface area contributed by atoms with E-state index < -0.39 is 17.3 Å². The number of aromatic nitrogens is 2. The van der Waals surface area contributed by atoms with Crippen molar-refractivity contribution < 1.29 is 27.8 Å². The Kier molecular flexibility index (Phi) is 7.85. The fraction of sp³-hybridized carbons (Fsp3) is 0.320. The van der Waals surface area contributed by atoms with Crippen LogP contribution >= 0.6 is 0 Å². The fourth-order valence-electron chi connectivity index (χ4n) is 3.48. The molecular formula is C25H28F3N5O3. The third-order valence-electron chi connectivity index (χ3n) is 5.21. The van der Waals surface area contributed by atoms with Crippen LogP contribution in [0.25, 0.3) is 10.9 Å². The molecule has 0 unspecified atom stereocenters. The zero-order valence-electron chi connectivity index (χ0n) is 20.6. The first-order chi connectivity index (χ1) is 16.8. The zero-order valence-corrected chi connectivity index (χ0v) is 20.6. The lowest BCUT2D eigenvalue weighted by Gasteiger charge is -2.24. The molecule has 0 atom stereocenters. The van der Waals surface area contributed by atoms with Crippen LogP contribution in [-0.2, 0) is 16.6 Å². The van der Waals surface area contributed by atoms with Gasteiger partial charge in [-0.05, 0) is 46.1 Å². The summed E-state index contributed by atoms with van der Waals surface area (Å²) in [5, 5.41) is 16.6. The van der Waals surface area contributed by atoms with Crippen LogP contribution in [0.1, 0.15) is 25.0 Å². The lowest BCUT2D eigenvalue weighted by atomic mass is 9.94. The van der Waals surface area contributed by atoms with Crippen molar-refractivity contribution in [3.05, 3.63) is 59.9 Å². The number of anilines is 3. The number of aliphatic hydroxyl groups is 1. The van der Waals surface area contributed by atoms with Crippen molar-refractivity contribution in [2.75, 3.05) is 38.4 Å². The van der Waals surface area contributed by atoms with Crippen molar-refractivity contribution in [2.24, 2.45) is 0 Å². The quantitative estimate of drug-likeness (QED) is 0.384. The Balaban J connectivity index is 2.07. The Morgan fingerprint density at radius 3 is 2.47 bits per heavy atom. The second-order valence-corrected chi connectivity index (χ2v) is 8.89. The first-order valence-electron chi connectivity index (χ1n) is 11.0. The van der Waals surface area contributed by atoms with Gasteiger partial charge in [-0.2, -0.15) is 13.2 Å². The number of amides is 1. The van der Waals surface area contributed by atoms with Gasteiger partial charge in [0.1, 0.15) is 17.9 Å². The lowest BCUT2D eigenvalue weighted by molar-refractivity contribution is -0.137. The van der Waals surface area contributed by atoms with E-state index in [2.05, 4.69) is 20.6 Å². The van der Waals surface area contributed by atoms with Crippen LogP contribution in [0.15, 0.2) is 48.8 Å². The van der Waals surface area contributed by atoms with Crippen molar-refractivity contribution in [3.63, 3.8) is 0 Å². The van der Waals surface area contributed by atoms with Crippen LogP contribution in [0.4, 0.5) is 30.4 Å². The summed E-state index contributed by atoms with van der Waals surface area (Å²) in [5.41, 5.74) is -1.27. The van der Waals surface area contributed by atoms with Crippen LogP contribution in [0.5, 0.6) is 5.75 Å². The van der Waals surface area contributed by atoms with E-state index in [9.17, 15) is 23.1 Å². The molecule has 0 spiro atoms. The van der Waals surface area contributed by atoms with Gasteiger partial charge in [-0.25, -0.2) is 9.97 Å². The van der Waals surface area contributed by atoms with Gasteiger partial charge in [0.05, 0.1) is 29.5 Å². The Morgan fingerprint density at radius 1 is 1.14 bits per heavy atom. The van der Waals surface area contributed by atoms with Gasteiger partial charge in [-0.1, -0.05) is 12.1 Å². The third kappa shape index (κ3) is 6.49. The molecule has 0 aliphatic rings. The number of alkyl halides is 3. The molecule has 2 aromatic carbocycles. The molecule has 1 amide bonds. The van der Waals surface area contributed by atoms with Gasteiger partial charge in [0.2, 0.25) is 5.91 Å². The van der Waals surface area contributed by atoms with Crippen LogP contribution < -0.4 is 15.4 Å². The minimum absolute atomic E-state index is 0.0327. The molecule has 3 rings (SSSR count). The van der Waals surface area contributed by atoms with Gasteiger partial charge in [-0.15, -0.1) is 0 Å². The van der Waals surface area contributed by atoms with E-state index in [-0.39, 0.29) is 23.0 Å². The first kappa shape index (κ1) is 26.9. The molecule has 0 aliphatic heterocycles. The van der Waals surface area contributed by atoms with Crippen molar-refractivity contribution in [3.8, 4) is 5.75 Å². The zero-order chi connectivity index (χ0) is 26.7. The number of halogens is 3. The van der Waals surface area contributed by atoms with Crippen molar-refractivity contribution in [1.29, 1.82) is 0 Å². The monoisotopic (exact) mass is 503 g/mol. The largest absolute Gasteiger partial charge is 0.494 e. The predicted octanol–water partition coefficient (Wildman–Crippen LogP) is 4.68. The Morgan fingerprint density at radius 2 is 1.86 bits per heavy atom. The number of likely N-dealkylation sites (N-methyl/N-ethyl adjacent to an activating group) is 1. The number of benzene rings is 2. The number of hydrogen-bond acceptors (Lipinski definition) is 7. The van der Waals surface area contributed by atoms with E-state index in [1.165, 1.54) is 39.4 Å². The summed E-state index contributed by atoms with van der Waals surface area (Å²) < 4.78 is 45.6. The number of carbonyl (C=O) groups is 1. The molecule has 1 heterocycles. The van der Waals surface area contributed by atoms with Crippen LogP contribution in [0, 0.1) is 0 Å². The standard InChI is InChI=1S/C25H28F3N5O3/c1-24(2,35)17-9-8-15(25(26,27)28)11-19(17)32-23-16-12-20(31-22(34)7-6-10-33(3)4)21(36-5)13-18(16)29-14-30-23/h6-9,11-14,35H,10H2,1-5H3,(H,31,34)(H,29,30,32)/b7-6+. The van der Waals surface area contributed by atoms with E-state index in [0.717, 1.165) is 12.1 Å². The molecule has 8 nitrogen and oxygen atoms in total. The van der Waals surface area contributed by atoms with Crippen molar-refractivity contribution in [2.45, 2.75) is 25.6 Å². The molecule has 11 heteroatoms. The Hall–Kier alpha value is -3.70. The maximum atomic E-state index is 13.4. The second-order valence-electron chi connectivity index (χ2n) is 8.89. The summed E-state index contributed by atoms with van der Waals surface area (Å²) in [7, 11) is 5.19. The van der Waals surface area contributed by atoms with E-state index in [4.69, 9.17) is 4.74 Å². The molecule has 0 radical (unpaired) electrons. The molecule has 3 aromatic rings. The molecule has 0 bridgehead atoms. The number of hydrogen-bond donors (Lipinski definition) is 3. The number of nitrogens with zero attached hydrogens (tertiary/aromatic N) is 3. The summed E-state index contributed by atoms with van der Waals surface area (Å²) >= 11 is 0. The average Bonchev–Trinajstić information content (AvgIpc) is 2.77. The molecule has 0 aliphatic carbocycles. The lowest BCUT2D eigenvalue weighted by Crippen LogP contribution is -2.19. The first-order valence-corrected chi connectivity index (χ1v) is 11.0. The molecule has 0 saturated carbocycles. The number of rotatable bonds is 8. The van der Waals surface area contributed by atoms with Gasteiger partial charge in [0.25, 0.3) is 0 Å². The van der Waals surface area contributed by atoms with Crippen molar-refractivity contribution >= 4 is 34.0 Å². The topological polar surface area (TPSA) is 99.6 Å². The molecule has 0 saturated heterocycles. The molecule has 3 N–H and O–H groups in total. The van der Waals surface area contributed by atoms with Gasteiger partial charge < -0.3 is 25.4 Å². The van der Waals surface area contributed by atoms with Gasteiger partial charge in [0, 0.05) is 35.3 Å². The highest BCUT2D eigenvalue weighted by Crippen LogP contribution is 2.38. The minimum Gasteiger partial charge on any atom is -0.494 e. The number of carbonyl (C=O) groups excluding carboxylic acids is 1. The summed E-state index contributed by atoms with van der Waals surface area (Å²) in [6.45, 7) is 3.52. The fourth-order valence-corrected chi connectivity index (χ4v) is 3.48. The van der Waals surface area contributed by atoms with E-state index >= 15 is 0 Å². The average molecular weight is 504 g/mol. The smallest absolute Gasteiger partial charge is 0.416 e. The predicted molar refractivity (Wildman–Crippen MR) is 132 cm³/mol. The highest BCUT2D eigenvalue weighted by atomic mass is 19.4. The van der Waals surface area contributed by atoms with E-state index in [1.807, 2.05) is 19.0 Å². The normalized spacial score (nSPS) is 12.4. The number of nitrogens with one attached hydrogen (secondary N) is 2. The maximum Gasteiger partial charge on any atom is 0.416 e. The summed E-state index contributed by atoms with van der Waals surface area (Å²) in [6, 6.07) is 6.22. The van der Waals surface area contributed by atoms with Gasteiger partial charge in [-0.3, -0.25) is 4.79 Å². The number of fused-ring (bicyclic) bond motifs is 1. The van der Waals surface area contributed by atoms with Crippen molar-refractivity contribution in [1.82, 2.24) is 14.9 Å². The summed E-state index contributed by atoms with van der Waals surface area (Å²) in [6.07, 6.45) is -0.232. The number of ether oxygens (including phenoxy) is 1. The molecule has 36 heavy (non-hydrogen) atoms. The Bertz CT molecular complexity index is 1280. The highest BCUT2D eigenvalue weighted by molar-refractivity contribution is 6.03. The molecule has 1 aromatic heterocycles. The number of methoxy groups -OCH3 is 1. The SMILES string of the molecule is COc1cc2ncnc(Nc3cc(C(F)(F)F)ccc3C(C)(C)O)c2cc1NC(=O)/C=C/CN(C)C. The minimum atomic E-state index is -4.58. The maximum absolute atomic E-state index is 13.4. The third-order valence-corrected chi connectivity index (χ3v) is 5.21. The van der Waals surface area contributed by atoms with E-state index in [0.29, 0.717) is 28.9 Å². The van der Waals surface area contributed by atoms with Gasteiger partial charge in [0.15, 0.2) is 0 Å². The van der Waals surface area contributed by atoms with Crippen LogP contribution in [0.3, 0.4) is 0 Å². The molecule has 0 fully saturated rings. The Labute approximate surface area is 206 Å². The second kappa shape index (κ2) is 10.5. The van der Waals surface area contributed by atoms with Crippen LogP contribution in [-0.4, -0.2) is 53.6 Å². The highest BCUT2D eigenvalue weighted by Gasteiger charge is 2.32. The molecular weight excluding hydrogens is 475 g/mol.